The number of hydrogen-bond acceptors (Lipinski definition) is 2. The lowest BCUT2D eigenvalue weighted by Crippen LogP contribution is -2.20. The smallest absolute Gasteiger partial charge is 0.0656 e. The molecule has 1 aromatic rings. The fraction of sp³-hybridized carbons (Fsp3) is 0.692. The summed E-state index contributed by atoms with van der Waals surface area (Å²) in [6.45, 7) is 7.84. The third-order valence-corrected chi connectivity index (χ3v) is 4.52. The SMILES string of the molecule is CCNC(CCCC(C)C)c1csc(I)c1. The van der Waals surface area contributed by atoms with Gasteiger partial charge in [0.2, 0.25) is 0 Å². The number of halogens is 1. The zero-order valence-corrected chi connectivity index (χ0v) is 13.4. The van der Waals surface area contributed by atoms with E-state index in [1.165, 1.54) is 27.7 Å². The van der Waals surface area contributed by atoms with E-state index in [4.69, 9.17) is 0 Å². The molecule has 0 aromatic carbocycles. The van der Waals surface area contributed by atoms with E-state index in [-0.39, 0.29) is 0 Å². The zero-order valence-electron chi connectivity index (χ0n) is 10.4. The fourth-order valence-electron chi connectivity index (χ4n) is 1.87. The normalized spacial score (nSPS) is 13.3. The Labute approximate surface area is 117 Å². The molecular weight excluding hydrogens is 329 g/mol. The van der Waals surface area contributed by atoms with Crippen LogP contribution >= 0.6 is 33.9 Å². The number of nitrogens with one attached hydrogen (secondary N) is 1. The summed E-state index contributed by atoms with van der Waals surface area (Å²) >= 11 is 4.25. The van der Waals surface area contributed by atoms with E-state index >= 15 is 0 Å². The number of hydrogen-bond donors (Lipinski definition) is 1. The Morgan fingerprint density at radius 2 is 2.12 bits per heavy atom. The minimum absolute atomic E-state index is 0.559. The molecular formula is C13H22INS. The maximum absolute atomic E-state index is 3.59. The molecule has 0 aliphatic rings. The van der Waals surface area contributed by atoms with Gasteiger partial charge >= 0.3 is 0 Å². The maximum Gasteiger partial charge on any atom is 0.0656 e. The van der Waals surface area contributed by atoms with Gasteiger partial charge in [0, 0.05) is 6.04 Å². The van der Waals surface area contributed by atoms with Crippen molar-refractivity contribution in [1.29, 1.82) is 0 Å². The molecule has 0 aliphatic heterocycles. The van der Waals surface area contributed by atoms with Gasteiger partial charge in [-0.2, -0.15) is 0 Å². The second-order valence-corrected chi connectivity index (χ2v) is 7.42. The highest BCUT2D eigenvalue weighted by atomic mass is 127. The van der Waals surface area contributed by atoms with Crippen molar-refractivity contribution in [2.24, 2.45) is 5.92 Å². The Kier molecular flexibility index (Phi) is 6.92. The van der Waals surface area contributed by atoms with E-state index in [0.717, 1.165) is 12.5 Å². The summed E-state index contributed by atoms with van der Waals surface area (Å²) in [5, 5.41) is 5.89. The minimum Gasteiger partial charge on any atom is -0.310 e. The van der Waals surface area contributed by atoms with Crippen molar-refractivity contribution in [2.75, 3.05) is 6.54 Å². The van der Waals surface area contributed by atoms with E-state index in [1.54, 1.807) is 0 Å². The highest BCUT2D eigenvalue weighted by Crippen LogP contribution is 2.26. The van der Waals surface area contributed by atoms with Crippen LogP contribution in [0.25, 0.3) is 0 Å². The van der Waals surface area contributed by atoms with Crippen LogP contribution in [-0.4, -0.2) is 6.54 Å². The Morgan fingerprint density at radius 1 is 1.38 bits per heavy atom. The molecule has 0 radical (unpaired) electrons. The summed E-state index contributed by atoms with van der Waals surface area (Å²) in [6.07, 6.45) is 3.92. The third-order valence-electron chi connectivity index (χ3n) is 2.71. The van der Waals surface area contributed by atoms with Crippen molar-refractivity contribution in [3.05, 3.63) is 19.9 Å². The Morgan fingerprint density at radius 3 is 2.62 bits per heavy atom. The molecule has 1 rings (SSSR count). The second kappa shape index (κ2) is 7.67. The lowest BCUT2D eigenvalue weighted by Gasteiger charge is -2.17. The molecule has 16 heavy (non-hydrogen) atoms. The summed E-state index contributed by atoms with van der Waals surface area (Å²) in [4.78, 5) is 0. The molecule has 0 amide bonds. The van der Waals surface area contributed by atoms with Crippen molar-refractivity contribution >= 4 is 33.9 Å². The molecule has 0 bridgehead atoms. The predicted octanol–water partition coefficient (Wildman–Crippen LogP) is 4.83. The van der Waals surface area contributed by atoms with E-state index in [0.29, 0.717) is 6.04 Å². The van der Waals surface area contributed by atoms with E-state index in [2.05, 4.69) is 60.1 Å². The minimum atomic E-state index is 0.559. The van der Waals surface area contributed by atoms with Crippen molar-refractivity contribution in [2.45, 2.75) is 46.1 Å². The van der Waals surface area contributed by atoms with Gasteiger partial charge in [-0.3, -0.25) is 0 Å². The summed E-state index contributed by atoms with van der Waals surface area (Å²) in [5.74, 6) is 0.824. The van der Waals surface area contributed by atoms with Gasteiger partial charge in [0.15, 0.2) is 0 Å². The highest BCUT2D eigenvalue weighted by Gasteiger charge is 2.11. The molecule has 1 nitrogen and oxygen atoms in total. The van der Waals surface area contributed by atoms with Crippen LogP contribution in [0.1, 0.15) is 51.6 Å². The van der Waals surface area contributed by atoms with Gasteiger partial charge in [-0.15, -0.1) is 11.3 Å². The Bertz CT molecular complexity index is 296. The molecule has 1 unspecified atom stereocenters. The van der Waals surface area contributed by atoms with Crippen LogP contribution in [-0.2, 0) is 0 Å². The van der Waals surface area contributed by atoms with Crippen LogP contribution in [0.15, 0.2) is 11.4 Å². The van der Waals surface area contributed by atoms with Crippen LogP contribution in [0.4, 0.5) is 0 Å². The average molecular weight is 351 g/mol. The first-order chi connectivity index (χ1) is 7.63. The van der Waals surface area contributed by atoms with Gasteiger partial charge in [0.25, 0.3) is 0 Å². The van der Waals surface area contributed by atoms with E-state index in [9.17, 15) is 0 Å². The second-order valence-electron chi connectivity index (χ2n) is 4.62. The molecule has 1 atom stereocenters. The molecule has 1 N–H and O–H groups in total. The van der Waals surface area contributed by atoms with Gasteiger partial charge in [0.05, 0.1) is 2.88 Å². The lowest BCUT2D eigenvalue weighted by molar-refractivity contribution is 0.456. The van der Waals surface area contributed by atoms with Crippen molar-refractivity contribution < 1.29 is 0 Å². The topological polar surface area (TPSA) is 12.0 Å². The van der Waals surface area contributed by atoms with Crippen LogP contribution in [0.3, 0.4) is 0 Å². The summed E-state index contributed by atoms with van der Waals surface area (Å²) in [6, 6.07) is 2.87. The Hall–Kier alpha value is 0.390. The van der Waals surface area contributed by atoms with E-state index in [1.807, 2.05) is 11.3 Å². The van der Waals surface area contributed by atoms with Crippen LogP contribution in [0, 0.1) is 8.80 Å². The van der Waals surface area contributed by atoms with Crippen molar-refractivity contribution in [3.63, 3.8) is 0 Å². The Balaban J connectivity index is 2.47. The number of thiophene rings is 1. The lowest BCUT2D eigenvalue weighted by atomic mass is 10.00. The van der Waals surface area contributed by atoms with Crippen LogP contribution < -0.4 is 5.32 Å². The summed E-state index contributed by atoms with van der Waals surface area (Å²) in [5.41, 5.74) is 1.47. The van der Waals surface area contributed by atoms with Crippen molar-refractivity contribution in [3.8, 4) is 0 Å². The van der Waals surface area contributed by atoms with Gasteiger partial charge in [-0.1, -0.05) is 33.6 Å². The standard InChI is InChI=1S/C13H22INS/c1-4-15-12(7-5-6-10(2)3)11-8-13(14)16-9-11/h8-10,12,15H,4-7H2,1-3H3. The molecule has 92 valence electrons. The quantitative estimate of drug-likeness (QED) is 0.694. The van der Waals surface area contributed by atoms with Gasteiger partial charge in [0.1, 0.15) is 0 Å². The van der Waals surface area contributed by atoms with Gasteiger partial charge in [-0.05, 0) is 58.5 Å². The van der Waals surface area contributed by atoms with Gasteiger partial charge < -0.3 is 5.32 Å². The molecule has 0 spiro atoms. The number of rotatable bonds is 7. The molecule has 0 fully saturated rings. The first kappa shape index (κ1) is 14.5. The molecule has 0 aliphatic carbocycles. The van der Waals surface area contributed by atoms with Crippen molar-refractivity contribution in [1.82, 2.24) is 5.32 Å². The fourth-order valence-corrected chi connectivity index (χ4v) is 3.30. The zero-order chi connectivity index (χ0) is 12.0. The first-order valence-electron chi connectivity index (χ1n) is 6.10. The average Bonchev–Trinajstić information content (AvgIpc) is 2.63. The maximum atomic E-state index is 3.59. The molecule has 3 heteroatoms. The molecule has 0 saturated heterocycles. The summed E-state index contributed by atoms with van der Waals surface area (Å²) in [7, 11) is 0. The van der Waals surface area contributed by atoms with Crippen LogP contribution in [0.5, 0.6) is 0 Å². The van der Waals surface area contributed by atoms with Gasteiger partial charge in [-0.25, -0.2) is 0 Å². The monoisotopic (exact) mass is 351 g/mol. The molecule has 1 aromatic heterocycles. The van der Waals surface area contributed by atoms with Crippen LogP contribution in [0.2, 0.25) is 0 Å². The predicted molar refractivity (Wildman–Crippen MR) is 82.1 cm³/mol. The summed E-state index contributed by atoms with van der Waals surface area (Å²) < 4.78 is 1.39. The third kappa shape index (κ3) is 5.15. The molecule has 1 heterocycles. The highest BCUT2D eigenvalue weighted by molar-refractivity contribution is 14.1. The van der Waals surface area contributed by atoms with E-state index < -0.39 is 0 Å². The first-order valence-corrected chi connectivity index (χ1v) is 8.06. The molecule has 0 saturated carbocycles. The largest absolute Gasteiger partial charge is 0.310 e.